The maximum atomic E-state index is 12.6. The van der Waals surface area contributed by atoms with Crippen molar-refractivity contribution in [3.63, 3.8) is 0 Å². The van der Waals surface area contributed by atoms with Gasteiger partial charge in [-0.15, -0.1) is 0 Å². The van der Waals surface area contributed by atoms with Crippen LogP contribution in [0, 0.1) is 25.2 Å². The molecule has 0 bridgehead atoms. The van der Waals surface area contributed by atoms with Crippen LogP contribution < -0.4 is 14.2 Å². The predicted octanol–water partition coefficient (Wildman–Crippen LogP) is 4.48. The molecule has 2 aromatic rings. The number of methoxy groups -OCH3 is 1. The molecule has 1 fully saturated rings. The van der Waals surface area contributed by atoms with Crippen LogP contribution in [0.25, 0.3) is 6.08 Å². The van der Waals surface area contributed by atoms with Gasteiger partial charge in [-0.2, -0.15) is 5.26 Å². The number of hydrogen-bond donors (Lipinski definition) is 0. The normalized spacial score (nSPS) is 13.7. The number of carbonyl (C=O) groups excluding carboxylic acids is 2. The molecule has 184 valence electrons. The summed E-state index contributed by atoms with van der Waals surface area (Å²) in [7, 11) is 1.43. The minimum absolute atomic E-state index is 0.00812. The number of esters is 1. The highest BCUT2D eigenvalue weighted by atomic mass is 79.9. The first kappa shape index (κ1) is 26.5. The van der Waals surface area contributed by atoms with Crippen LogP contribution >= 0.6 is 27.5 Å². The summed E-state index contributed by atoms with van der Waals surface area (Å²) in [6, 6.07) is 8.42. The number of halogens is 2. The fourth-order valence-electron chi connectivity index (χ4n) is 3.40. The number of nitrogens with zero attached hydrogens (tertiary/aromatic N) is 2. The molecule has 1 amide bonds. The summed E-state index contributed by atoms with van der Waals surface area (Å²) in [6.07, 6.45) is 1.47. The molecular formula is C25H24BrClN2O6. The third-order valence-corrected chi connectivity index (χ3v) is 6.85. The molecule has 0 unspecified atom stereocenters. The van der Waals surface area contributed by atoms with Crippen LogP contribution in [0.1, 0.15) is 16.7 Å². The zero-order valence-electron chi connectivity index (χ0n) is 19.5. The average molecular weight is 564 g/mol. The van der Waals surface area contributed by atoms with Crippen LogP contribution in [0.3, 0.4) is 0 Å². The first-order valence-corrected chi connectivity index (χ1v) is 11.9. The van der Waals surface area contributed by atoms with E-state index >= 15 is 0 Å². The molecule has 0 N–H and O–H groups in total. The number of morpholine rings is 1. The Morgan fingerprint density at radius 1 is 1.20 bits per heavy atom. The number of benzene rings is 2. The molecule has 0 atom stereocenters. The zero-order chi connectivity index (χ0) is 25.5. The molecule has 0 aromatic heterocycles. The third kappa shape index (κ3) is 6.54. The van der Waals surface area contributed by atoms with Gasteiger partial charge in [0, 0.05) is 18.1 Å². The van der Waals surface area contributed by atoms with Crippen LogP contribution in [0.4, 0.5) is 0 Å². The summed E-state index contributed by atoms with van der Waals surface area (Å²) in [6.45, 7) is 5.11. The van der Waals surface area contributed by atoms with Crippen LogP contribution in [0.2, 0.25) is 5.02 Å². The molecule has 0 radical (unpaired) electrons. The molecule has 0 saturated carbocycles. The number of amides is 1. The molecule has 1 aliphatic heterocycles. The minimum atomic E-state index is -0.635. The van der Waals surface area contributed by atoms with Gasteiger partial charge < -0.3 is 23.8 Å². The van der Waals surface area contributed by atoms with Crippen molar-refractivity contribution >= 4 is 45.5 Å². The third-order valence-electron chi connectivity index (χ3n) is 5.29. The molecule has 3 rings (SSSR count). The second kappa shape index (κ2) is 12.1. The minimum Gasteiger partial charge on any atom is -0.493 e. The van der Waals surface area contributed by atoms with E-state index in [9.17, 15) is 14.9 Å². The average Bonchev–Trinajstić information content (AvgIpc) is 2.88. The standard InChI is InChI=1S/C25H24BrClN2O6/c1-15-10-21(23(26)16(2)24(15)27)34-14-22(30)35-19-5-4-17(12-20(19)32-3)11-18(13-28)25(31)29-6-8-33-9-7-29/h4-5,10-12H,6-9,14H2,1-3H3/b18-11+. The lowest BCUT2D eigenvalue weighted by atomic mass is 10.1. The van der Waals surface area contributed by atoms with Gasteiger partial charge in [-0.05, 0) is 70.7 Å². The van der Waals surface area contributed by atoms with E-state index in [2.05, 4.69) is 15.9 Å². The maximum absolute atomic E-state index is 12.6. The van der Waals surface area contributed by atoms with E-state index in [0.29, 0.717) is 47.1 Å². The summed E-state index contributed by atoms with van der Waals surface area (Å²) in [5, 5.41) is 10.1. The van der Waals surface area contributed by atoms with Crippen molar-refractivity contribution < 1.29 is 28.5 Å². The van der Waals surface area contributed by atoms with Gasteiger partial charge in [-0.3, -0.25) is 4.79 Å². The van der Waals surface area contributed by atoms with Gasteiger partial charge in [0.2, 0.25) is 0 Å². The molecular weight excluding hydrogens is 540 g/mol. The Morgan fingerprint density at radius 3 is 2.57 bits per heavy atom. The first-order chi connectivity index (χ1) is 16.7. The predicted molar refractivity (Wildman–Crippen MR) is 134 cm³/mol. The van der Waals surface area contributed by atoms with E-state index in [1.165, 1.54) is 19.3 Å². The molecule has 1 saturated heterocycles. The molecule has 2 aromatic carbocycles. The number of rotatable bonds is 7. The van der Waals surface area contributed by atoms with Crippen LogP contribution in [-0.4, -0.2) is 56.8 Å². The number of carbonyl (C=O) groups is 2. The van der Waals surface area contributed by atoms with E-state index in [-0.39, 0.29) is 29.6 Å². The summed E-state index contributed by atoms with van der Waals surface area (Å²) < 4.78 is 22.3. The van der Waals surface area contributed by atoms with Gasteiger partial charge >= 0.3 is 5.97 Å². The lowest BCUT2D eigenvalue weighted by Gasteiger charge is -2.26. The van der Waals surface area contributed by atoms with Gasteiger partial charge in [-0.1, -0.05) is 17.7 Å². The van der Waals surface area contributed by atoms with E-state index in [1.54, 1.807) is 23.1 Å². The molecule has 0 aliphatic carbocycles. The first-order valence-electron chi connectivity index (χ1n) is 10.7. The highest BCUT2D eigenvalue weighted by Crippen LogP contribution is 2.36. The Labute approximate surface area is 217 Å². The highest BCUT2D eigenvalue weighted by Gasteiger charge is 2.21. The summed E-state index contributed by atoms with van der Waals surface area (Å²) >= 11 is 9.66. The van der Waals surface area contributed by atoms with Gasteiger partial charge in [0.1, 0.15) is 17.4 Å². The SMILES string of the molecule is COc1cc(/C=C(\C#N)C(=O)N2CCOCC2)ccc1OC(=O)COc1cc(C)c(Cl)c(C)c1Br. The molecule has 1 heterocycles. The number of hydrogen-bond acceptors (Lipinski definition) is 7. The second-order valence-electron chi connectivity index (χ2n) is 7.69. The number of nitriles is 1. The Balaban J connectivity index is 1.70. The lowest BCUT2D eigenvalue weighted by molar-refractivity contribution is -0.136. The highest BCUT2D eigenvalue weighted by molar-refractivity contribution is 9.10. The summed E-state index contributed by atoms with van der Waals surface area (Å²) in [4.78, 5) is 26.6. The number of aryl methyl sites for hydroxylation is 1. The Bertz CT molecular complexity index is 1200. The Morgan fingerprint density at radius 2 is 1.91 bits per heavy atom. The van der Waals surface area contributed by atoms with E-state index in [1.807, 2.05) is 19.9 Å². The molecule has 35 heavy (non-hydrogen) atoms. The van der Waals surface area contributed by atoms with Gasteiger partial charge in [-0.25, -0.2) is 4.79 Å². The second-order valence-corrected chi connectivity index (χ2v) is 8.86. The molecule has 0 spiro atoms. The largest absolute Gasteiger partial charge is 0.493 e. The van der Waals surface area contributed by atoms with E-state index in [0.717, 1.165) is 11.1 Å². The quantitative estimate of drug-likeness (QED) is 0.212. The topological polar surface area (TPSA) is 98.1 Å². The number of ether oxygens (including phenoxy) is 4. The summed E-state index contributed by atoms with van der Waals surface area (Å²) in [5.41, 5.74) is 2.17. The van der Waals surface area contributed by atoms with E-state index < -0.39 is 5.97 Å². The molecule has 1 aliphatic rings. The van der Waals surface area contributed by atoms with Crippen molar-refractivity contribution in [3.05, 3.63) is 56.0 Å². The lowest BCUT2D eigenvalue weighted by Crippen LogP contribution is -2.41. The Hall–Kier alpha value is -3.06. The van der Waals surface area contributed by atoms with Crippen molar-refractivity contribution in [1.29, 1.82) is 5.26 Å². The maximum Gasteiger partial charge on any atom is 0.349 e. The fraction of sp³-hybridized carbons (Fsp3) is 0.320. The fourth-order valence-corrected chi connectivity index (χ4v) is 4.09. The van der Waals surface area contributed by atoms with Crippen molar-refractivity contribution in [2.75, 3.05) is 40.0 Å². The van der Waals surface area contributed by atoms with Crippen molar-refractivity contribution in [2.24, 2.45) is 0 Å². The van der Waals surface area contributed by atoms with Crippen molar-refractivity contribution in [3.8, 4) is 23.3 Å². The Kier molecular flexibility index (Phi) is 9.15. The van der Waals surface area contributed by atoms with Crippen molar-refractivity contribution in [2.45, 2.75) is 13.8 Å². The van der Waals surface area contributed by atoms with E-state index in [4.69, 9.17) is 30.5 Å². The van der Waals surface area contributed by atoms with Crippen molar-refractivity contribution in [1.82, 2.24) is 4.90 Å². The molecule has 8 nitrogen and oxygen atoms in total. The van der Waals surface area contributed by atoms with Crippen LogP contribution in [0.15, 0.2) is 34.3 Å². The smallest absolute Gasteiger partial charge is 0.349 e. The van der Waals surface area contributed by atoms with Gasteiger partial charge in [0.25, 0.3) is 5.91 Å². The zero-order valence-corrected chi connectivity index (χ0v) is 21.9. The monoisotopic (exact) mass is 562 g/mol. The van der Waals surface area contributed by atoms with Gasteiger partial charge in [0.15, 0.2) is 18.1 Å². The van der Waals surface area contributed by atoms with Crippen LogP contribution in [-0.2, 0) is 14.3 Å². The van der Waals surface area contributed by atoms with Crippen LogP contribution in [0.5, 0.6) is 17.2 Å². The van der Waals surface area contributed by atoms with Gasteiger partial charge in [0.05, 0.1) is 24.8 Å². The molecule has 10 heteroatoms. The summed E-state index contributed by atoms with van der Waals surface area (Å²) in [5.74, 6) is -0.0747.